The van der Waals surface area contributed by atoms with Crippen molar-refractivity contribution in [2.45, 2.75) is 6.18 Å². The zero-order valence-electron chi connectivity index (χ0n) is 12.1. The predicted molar refractivity (Wildman–Crippen MR) is 77.4 cm³/mol. The first kappa shape index (κ1) is 16.6. The van der Waals surface area contributed by atoms with Gasteiger partial charge in [-0.1, -0.05) is 0 Å². The number of imidazole rings is 1. The molecule has 1 amide bonds. The van der Waals surface area contributed by atoms with Crippen LogP contribution in [0.2, 0.25) is 0 Å². The van der Waals surface area contributed by atoms with Gasteiger partial charge >= 0.3 is 12.1 Å². The monoisotopic (exact) mass is 357 g/mol. The highest BCUT2D eigenvalue weighted by molar-refractivity contribution is 5.94. The van der Waals surface area contributed by atoms with Crippen LogP contribution in [0.25, 0.3) is 16.9 Å². The van der Waals surface area contributed by atoms with E-state index in [0.717, 1.165) is 28.9 Å². The molecule has 0 spiro atoms. The lowest BCUT2D eigenvalue weighted by Crippen LogP contribution is -2.30. The van der Waals surface area contributed by atoms with Gasteiger partial charge in [0.1, 0.15) is 17.3 Å². The van der Waals surface area contributed by atoms with E-state index in [1.165, 1.54) is 6.07 Å². The van der Waals surface area contributed by atoms with E-state index >= 15 is 0 Å². The Bertz CT molecular complexity index is 982. The second-order valence-corrected chi connectivity index (χ2v) is 4.93. The lowest BCUT2D eigenvalue weighted by atomic mass is 10.1. The summed E-state index contributed by atoms with van der Waals surface area (Å²) in [7, 11) is 0. The van der Waals surface area contributed by atoms with E-state index in [-0.39, 0.29) is 22.7 Å². The van der Waals surface area contributed by atoms with E-state index in [0.29, 0.717) is 0 Å². The molecule has 3 rings (SSSR count). The van der Waals surface area contributed by atoms with E-state index in [2.05, 4.69) is 9.97 Å². The van der Waals surface area contributed by atoms with Crippen LogP contribution in [0.3, 0.4) is 0 Å². The maximum absolute atomic E-state index is 13.4. The standard InChI is InChI=1S/C14H8F5N5O/c15-7-2-1-6(3-8(7)16)11-12(20)24-5-9(21-4-10(24)23-11)22-13(25)14(17,18)19/h1-5H,20H2,(H,22,25). The highest BCUT2D eigenvalue weighted by Gasteiger charge is 2.39. The summed E-state index contributed by atoms with van der Waals surface area (Å²) in [5.41, 5.74) is 6.26. The van der Waals surface area contributed by atoms with Gasteiger partial charge in [-0.15, -0.1) is 0 Å². The molecule has 6 nitrogen and oxygen atoms in total. The Labute approximate surface area is 136 Å². The third-order valence-corrected chi connectivity index (χ3v) is 3.24. The SMILES string of the molecule is Nc1c(-c2ccc(F)c(F)c2)nc2cnc(NC(=O)C(F)(F)F)cn12. The number of nitrogens with two attached hydrogens (primary N) is 1. The van der Waals surface area contributed by atoms with Gasteiger partial charge in [0.05, 0.1) is 12.4 Å². The third kappa shape index (κ3) is 3.07. The number of halogens is 5. The normalized spacial score (nSPS) is 11.7. The summed E-state index contributed by atoms with van der Waals surface area (Å²) >= 11 is 0. The van der Waals surface area contributed by atoms with Crippen LogP contribution in [0.15, 0.2) is 30.6 Å². The van der Waals surface area contributed by atoms with E-state index in [1.807, 2.05) is 0 Å². The van der Waals surface area contributed by atoms with Crippen LogP contribution >= 0.6 is 0 Å². The summed E-state index contributed by atoms with van der Waals surface area (Å²) in [4.78, 5) is 18.7. The van der Waals surface area contributed by atoms with Gasteiger partial charge in [0, 0.05) is 5.56 Å². The number of aromatic nitrogens is 3. The number of fused-ring (bicyclic) bond motifs is 1. The van der Waals surface area contributed by atoms with Crippen LogP contribution in [-0.4, -0.2) is 26.5 Å². The summed E-state index contributed by atoms with van der Waals surface area (Å²) in [5.74, 6) is -4.81. The van der Waals surface area contributed by atoms with Crippen LogP contribution in [-0.2, 0) is 4.79 Å². The summed E-state index contributed by atoms with van der Waals surface area (Å²) in [6.07, 6.45) is -2.97. The minimum Gasteiger partial charge on any atom is -0.383 e. The van der Waals surface area contributed by atoms with Gasteiger partial charge in [-0.3, -0.25) is 9.20 Å². The number of carbonyl (C=O) groups excluding carboxylic acids is 1. The summed E-state index contributed by atoms with van der Waals surface area (Å²) in [6, 6.07) is 3.02. The Balaban J connectivity index is 2.02. The lowest BCUT2D eigenvalue weighted by molar-refractivity contribution is -0.167. The first-order valence-corrected chi connectivity index (χ1v) is 6.64. The number of alkyl halides is 3. The van der Waals surface area contributed by atoms with Crippen molar-refractivity contribution in [3.05, 3.63) is 42.2 Å². The molecule has 2 aromatic heterocycles. The molecule has 0 unspecified atom stereocenters. The number of hydrogen-bond acceptors (Lipinski definition) is 4. The quantitative estimate of drug-likeness (QED) is 0.691. The molecule has 0 aliphatic heterocycles. The molecule has 25 heavy (non-hydrogen) atoms. The maximum atomic E-state index is 13.4. The molecule has 0 saturated carbocycles. The zero-order valence-corrected chi connectivity index (χ0v) is 12.1. The van der Waals surface area contributed by atoms with Gasteiger partial charge in [0.15, 0.2) is 17.3 Å². The van der Waals surface area contributed by atoms with Crippen molar-refractivity contribution in [1.82, 2.24) is 14.4 Å². The topological polar surface area (TPSA) is 85.3 Å². The Morgan fingerprint density at radius 2 is 1.92 bits per heavy atom. The van der Waals surface area contributed by atoms with Gasteiger partial charge < -0.3 is 11.1 Å². The van der Waals surface area contributed by atoms with Crippen molar-refractivity contribution < 1.29 is 26.7 Å². The predicted octanol–water partition coefficient (Wildman–Crippen LogP) is 2.76. The van der Waals surface area contributed by atoms with Crippen LogP contribution in [0.4, 0.5) is 33.6 Å². The second kappa shape index (κ2) is 5.69. The highest BCUT2D eigenvalue weighted by Crippen LogP contribution is 2.28. The van der Waals surface area contributed by atoms with E-state index in [4.69, 9.17) is 5.73 Å². The fourth-order valence-electron chi connectivity index (χ4n) is 2.08. The number of hydrogen-bond donors (Lipinski definition) is 2. The Hall–Kier alpha value is -3.24. The van der Waals surface area contributed by atoms with Gasteiger partial charge in [-0.2, -0.15) is 13.2 Å². The van der Waals surface area contributed by atoms with Gasteiger partial charge in [-0.05, 0) is 18.2 Å². The minimum atomic E-state index is -5.08. The molecule has 3 aromatic rings. The fraction of sp³-hybridized carbons (Fsp3) is 0.0714. The number of nitrogens with one attached hydrogen (secondary N) is 1. The molecule has 0 bridgehead atoms. The second-order valence-electron chi connectivity index (χ2n) is 4.93. The Morgan fingerprint density at radius 1 is 1.20 bits per heavy atom. The number of nitrogens with zero attached hydrogens (tertiary/aromatic N) is 3. The van der Waals surface area contributed by atoms with Crippen LogP contribution in [0.5, 0.6) is 0 Å². The number of benzene rings is 1. The molecule has 0 atom stereocenters. The number of rotatable bonds is 2. The third-order valence-electron chi connectivity index (χ3n) is 3.24. The van der Waals surface area contributed by atoms with Crippen LogP contribution in [0, 0.1) is 11.6 Å². The fourth-order valence-corrected chi connectivity index (χ4v) is 2.08. The molecule has 130 valence electrons. The Kier molecular flexibility index (Phi) is 3.78. The van der Waals surface area contributed by atoms with Crippen molar-refractivity contribution in [3.63, 3.8) is 0 Å². The van der Waals surface area contributed by atoms with E-state index < -0.39 is 29.5 Å². The van der Waals surface area contributed by atoms with Crippen molar-refractivity contribution in [2.75, 3.05) is 11.1 Å². The molecule has 0 radical (unpaired) electrons. The van der Waals surface area contributed by atoms with Crippen LogP contribution < -0.4 is 11.1 Å². The molecule has 0 fully saturated rings. The largest absolute Gasteiger partial charge is 0.471 e. The number of amides is 1. The van der Waals surface area contributed by atoms with E-state index in [9.17, 15) is 26.7 Å². The molecule has 0 saturated heterocycles. The summed E-state index contributed by atoms with van der Waals surface area (Å²) < 4.78 is 64.4. The van der Waals surface area contributed by atoms with Crippen molar-refractivity contribution in [1.29, 1.82) is 0 Å². The van der Waals surface area contributed by atoms with Crippen molar-refractivity contribution >= 4 is 23.2 Å². The minimum absolute atomic E-state index is 0.0501. The molecule has 0 aliphatic carbocycles. The lowest BCUT2D eigenvalue weighted by Gasteiger charge is -2.07. The zero-order chi connectivity index (χ0) is 18.4. The average molecular weight is 357 g/mol. The van der Waals surface area contributed by atoms with Crippen LogP contribution in [0.1, 0.15) is 0 Å². The number of anilines is 2. The van der Waals surface area contributed by atoms with Crippen molar-refractivity contribution in [2.24, 2.45) is 0 Å². The smallest absolute Gasteiger partial charge is 0.383 e. The number of carbonyl (C=O) groups is 1. The highest BCUT2D eigenvalue weighted by atomic mass is 19.4. The average Bonchev–Trinajstić information content (AvgIpc) is 2.86. The number of nitrogen functional groups attached to an aromatic ring is 1. The maximum Gasteiger partial charge on any atom is 0.471 e. The van der Waals surface area contributed by atoms with E-state index in [1.54, 1.807) is 5.32 Å². The first-order chi connectivity index (χ1) is 11.7. The van der Waals surface area contributed by atoms with Gasteiger partial charge in [-0.25, -0.2) is 18.7 Å². The van der Waals surface area contributed by atoms with Crippen molar-refractivity contribution in [3.8, 4) is 11.3 Å². The van der Waals surface area contributed by atoms with Gasteiger partial charge in [0.2, 0.25) is 0 Å². The van der Waals surface area contributed by atoms with Gasteiger partial charge in [0.25, 0.3) is 0 Å². The molecule has 1 aromatic carbocycles. The summed E-state index contributed by atoms with van der Waals surface area (Å²) in [5, 5.41) is 1.58. The summed E-state index contributed by atoms with van der Waals surface area (Å²) in [6.45, 7) is 0. The Morgan fingerprint density at radius 3 is 2.56 bits per heavy atom. The molecule has 11 heteroatoms. The molecular formula is C14H8F5N5O. The molecular weight excluding hydrogens is 349 g/mol. The molecule has 2 heterocycles. The molecule has 0 aliphatic rings. The molecule has 3 N–H and O–H groups in total. The first-order valence-electron chi connectivity index (χ1n) is 6.64.